The van der Waals surface area contributed by atoms with Gasteiger partial charge in [0.05, 0.1) is 6.04 Å². The van der Waals surface area contributed by atoms with Gasteiger partial charge in [0.15, 0.2) is 5.84 Å². The molecule has 0 bridgehead atoms. The molecule has 1 atom stereocenters. The van der Waals surface area contributed by atoms with Gasteiger partial charge in [-0.05, 0) is 32.4 Å². The summed E-state index contributed by atoms with van der Waals surface area (Å²) in [6.07, 6.45) is 0. The van der Waals surface area contributed by atoms with E-state index in [2.05, 4.69) is 5.16 Å². The van der Waals surface area contributed by atoms with Crippen molar-refractivity contribution in [1.82, 2.24) is 4.90 Å². The summed E-state index contributed by atoms with van der Waals surface area (Å²) >= 11 is 6.15. The van der Waals surface area contributed by atoms with E-state index in [1.807, 2.05) is 25.1 Å². The minimum Gasteiger partial charge on any atom is -0.409 e. The first-order chi connectivity index (χ1) is 9.23. The highest BCUT2D eigenvalue weighted by atomic mass is 35.5. The predicted octanol–water partition coefficient (Wildman–Crippen LogP) is 2.63. The van der Waals surface area contributed by atoms with Crippen LogP contribution in [0.3, 0.4) is 0 Å². The lowest BCUT2D eigenvalue weighted by atomic mass is 9.89. The Labute approximate surface area is 124 Å². The van der Waals surface area contributed by atoms with E-state index in [1.54, 1.807) is 31.9 Å². The van der Waals surface area contributed by atoms with Gasteiger partial charge in [-0.25, -0.2) is 0 Å². The van der Waals surface area contributed by atoms with Crippen molar-refractivity contribution in [1.29, 1.82) is 0 Å². The van der Waals surface area contributed by atoms with Gasteiger partial charge in [-0.15, -0.1) is 0 Å². The van der Waals surface area contributed by atoms with Crippen LogP contribution in [0.15, 0.2) is 29.4 Å². The van der Waals surface area contributed by atoms with Gasteiger partial charge in [0.1, 0.15) is 5.41 Å². The fourth-order valence-electron chi connectivity index (χ4n) is 1.87. The average molecular weight is 298 g/mol. The lowest BCUT2D eigenvalue weighted by molar-refractivity contribution is -0.137. The molecular weight excluding hydrogens is 278 g/mol. The molecule has 0 saturated carbocycles. The van der Waals surface area contributed by atoms with E-state index in [4.69, 9.17) is 22.5 Å². The van der Waals surface area contributed by atoms with E-state index >= 15 is 0 Å². The van der Waals surface area contributed by atoms with Crippen LogP contribution in [0.2, 0.25) is 5.02 Å². The number of benzene rings is 1. The van der Waals surface area contributed by atoms with Crippen molar-refractivity contribution in [3.8, 4) is 0 Å². The summed E-state index contributed by atoms with van der Waals surface area (Å²) < 4.78 is 0. The fraction of sp³-hybridized carbons (Fsp3) is 0.429. The van der Waals surface area contributed by atoms with Crippen LogP contribution in [0, 0.1) is 5.41 Å². The standard InChI is InChI=1S/C14H20ClN3O2/c1-9(10-7-5-6-8-11(10)15)18(4)13(19)14(2,3)12(16)17-20/h5-9,20H,1-4H3,(H2,16,17). The van der Waals surface area contributed by atoms with E-state index in [1.165, 1.54) is 0 Å². The zero-order chi connectivity index (χ0) is 15.5. The Morgan fingerprint density at radius 3 is 2.50 bits per heavy atom. The third kappa shape index (κ3) is 3.04. The minimum absolute atomic E-state index is 0.124. The Morgan fingerprint density at radius 1 is 1.45 bits per heavy atom. The monoisotopic (exact) mass is 297 g/mol. The minimum atomic E-state index is -1.08. The molecule has 1 rings (SSSR count). The van der Waals surface area contributed by atoms with Crippen molar-refractivity contribution in [2.24, 2.45) is 16.3 Å². The zero-order valence-electron chi connectivity index (χ0n) is 12.1. The summed E-state index contributed by atoms with van der Waals surface area (Å²) in [6.45, 7) is 5.10. The van der Waals surface area contributed by atoms with E-state index in [0.717, 1.165) is 5.56 Å². The summed E-state index contributed by atoms with van der Waals surface area (Å²) in [5.41, 5.74) is 5.35. The van der Waals surface area contributed by atoms with Gasteiger partial charge < -0.3 is 15.8 Å². The average Bonchev–Trinajstić information content (AvgIpc) is 2.44. The van der Waals surface area contributed by atoms with E-state index < -0.39 is 5.41 Å². The highest BCUT2D eigenvalue weighted by Gasteiger charge is 2.37. The third-order valence-corrected chi connectivity index (χ3v) is 3.88. The van der Waals surface area contributed by atoms with Gasteiger partial charge in [-0.1, -0.05) is 35.0 Å². The Hall–Kier alpha value is -1.75. The lowest BCUT2D eigenvalue weighted by Crippen LogP contribution is -2.47. The molecule has 0 aliphatic rings. The molecule has 5 nitrogen and oxygen atoms in total. The molecule has 20 heavy (non-hydrogen) atoms. The Bertz CT molecular complexity index is 529. The Balaban J connectivity index is 3.04. The van der Waals surface area contributed by atoms with Gasteiger partial charge in [-0.2, -0.15) is 0 Å². The molecular formula is C14H20ClN3O2. The number of nitrogens with two attached hydrogens (primary N) is 1. The lowest BCUT2D eigenvalue weighted by Gasteiger charge is -2.32. The molecule has 110 valence electrons. The SMILES string of the molecule is CC(c1ccccc1Cl)N(C)C(=O)C(C)(C)C(N)=NO. The molecule has 0 aliphatic carbocycles. The van der Waals surface area contributed by atoms with Crippen LogP contribution < -0.4 is 5.73 Å². The molecule has 1 aromatic carbocycles. The van der Waals surface area contributed by atoms with Crippen molar-refractivity contribution >= 4 is 23.3 Å². The maximum Gasteiger partial charge on any atom is 0.236 e. The highest BCUT2D eigenvalue weighted by molar-refractivity contribution is 6.31. The first-order valence-electron chi connectivity index (χ1n) is 6.23. The van der Waals surface area contributed by atoms with Crippen LogP contribution in [-0.4, -0.2) is 28.9 Å². The van der Waals surface area contributed by atoms with Crippen LogP contribution in [-0.2, 0) is 4.79 Å². The summed E-state index contributed by atoms with van der Waals surface area (Å²) in [5, 5.41) is 12.3. The second kappa shape index (κ2) is 6.13. The van der Waals surface area contributed by atoms with E-state index in [-0.39, 0.29) is 17.8 Å². The number of nitrogens with zero attached hydrogens (tertiary/aromatic N) is 2. The molecule has 6 heteroatoms. The Morgan fingerprint density at radius 2 is 2.00 bits per heavy atom. The number of rotatable bonds is 4. The second-order valence-electron chi connectivity index (χ2n) is 5.22. The molecule has 0 saturated heterocycles. The number of hydrogen-bond donors (Lipinski definition) is 2. The van der Waals surface area contributed by atoms with Crippen molar-refractivity contribution in [2.45, 2.75) is 26.8 Å². The molecule has 0 aromatic heterocycles. The van der Waals surface area contributed by atoms with Gasteiger partial charge in [0.2, 0.25) is 5.91 Å². The van der Waals surface area contributed by atoms with Crippen molar-refractivity contribution in [2.75, 3.05) is 7.05 Å². The number of carbonyl (C=O) groups excluding carboxylic acids is 1. The van der Waals surface area contributed by atoms with Gasteiger partial charge in [0.25, 0.3) is 0 Å². The summed E-state index contributed by atoms with van der Waals surface area (Å²) in [7, 11) is 1.67. The van der Waals surface area contributed by atoms with Crippen LogP contribution in [0.4, 0.5) is 0 Å². The third-order valence-electron chi connectivity index (χ3n) is 3.54. The molecule has 0 aliphatic heterocycles. The highest BCUT2D eigenvalue weighted by Crippen LogP contribution is 2.29. The predicted molar refractivity (Wildman–Crippen MR) is 79.8 cm³/mol. The van der Waals surface area contributed by atoms with Crippen molar-refractivity contribution in [3.05, 3.63) is 34.9 Å². The number of carbonyl (C=O) groups is 1. The topological polar surface area (TPSA) is 78.9 Å². The largest absolute Gasteiger partial charge is 0.409 e. The smallest absolute Gasteiger partial charge is 0.236 e. The first-order valence-corrected chi connectivity index (χ1v) is 6.61. The number of amidine groups is 1. The van der Waals surface area contributed by atoms with Crippen molar-refractivity contribution < 1.29 is 10.0 Å². The van der Waals surface area contributed by atoms with Gasteiger partial charge >= 0.3 is 0 Å². The number of oxime groups is 1. The van der Waals surface area contributed by atoms with Gasteiger partial charge in [-0.3, -0.25) is 4.79 Å². The van der Waals surface area contributed by atoms with Crippen LogP contribution in [0.25, 0.3) is 0 Å². The Kier molecular flexibility index (Phi) is 5.00. The summed E-state index contributed by atoms with van der Waals surface area (Å²) in [6, 6.07) is 7.13. The van der Waals surface area contributed by atoms with E-state index in [9.17, 15) is 4.79 Å². The van der Waals surface area contributed by atoms with Crippen LogP contribution in [0.1, 0.15) is 32.4 Å². The summed E-state index contributed by atoms with van der Waals surface area (Å²) in [5.74, 6) is -0.374. The molecule has 0 spiro atoms. The number of amides is 1. The summed E-state index contributed by atoms with van der Waals surface area (Å²) in [4.78, 5) is 14.0. The maximum atomic E-state index is 12.5. The van der Waals surface area contributed by atoms with Crippen LogP contribution >= 0.6 is 11.6 Å². The molecule has 0 heterocycles. The first kappa shape index (κ1) is 16.3. The number of halogens is 1. The molecule has 1 unspecified atom stereocenters. The van der Waals surface area contributed by atoms with Crippen molar-refractivity contribution in [3.63, 3.8) is 0 Å². The quantitative estimate of drug-likeness (QED) is 0.388. The molecule has 1 amide bonds. The van der Waals surface area contributed by atoms with Gasteiger partial charge in [0, 0.05) is 12.1 Å². The molecule has 0 fully saturated rings. The maximum absolute atomic E-state index is 12.5. The van der Waals surface area contributed by atoms with E-state index in [0.29, 0.717) is 5.02 Å². The molecule has 0 radical (unpaired) electrons. The van der Waals surface area contributed by atoms with Crippen LogP contribution in [0.5, 0.6) is 0 Å². The zero-order valence-corrected chi connectivity index (χ0v) is 12.8. The fourth-order valence-corrected chi connectivity index (χ4v) is 2.17. The molecule has 3 N–H and O–H groups in total. The molecule has 1 aromatic rings. The second-order valence-corrected chi connectivity index (χ2v) is 5.63. The number of hydrogen-bond acceptors (Lipinski definition) is 3. The normalized spacial score (nSPS) is 13.9.